The van der Waals surface area contributed by atoms with Crippen LogP contribution in [0.15, 0.2) is 54.6 Å². The number of allylic oxidation sites excluding steroid dienone is 1. The van der Waals surface area contributed by atoms with E-state index < -0.39 is 5.41 Å². The van der Waals surface area contributed by atoms with Crippen molar-refractivity contribution in [2.75, 3.05) is 5.32 Å². The molecule has 3 heterocycles. The Hall–Kier alpha value is -2.63. The van der Waals surface area contributed by atoms with Crippen molar-refractivity contribution < 1.29 is 4.79 Å². The molecule has 0 bridgehead atoms. The predicted molar refractivity (Wildman–Crippen MR) is 128 cm³/mol. The SMILES string of the molecule is C=C(CCC)[C@H]1n2c(C)nnc2C[C@@H](c2cccc(Cl)c2)[C@]12C(=O)Nc1cc(Cl)ccc12. The molecule has 1 aromatic heterocycles. The minimum absolute atomic E-state index is 0.0549. The molecule has 3 aromatic rings. The number of rotatable bonds is 4. The maximum Gasteiger partial charge on any atom is 0.238 e. The van der Waals surface area contributed by atoms with Crippen molar-refractivity contribution in [2.45, 2.75) is 50.5 Å². The minimum atomic E-state index is -0.920. The second-order valence-electron chi connectivity index (χ2n) is 8.67. The van der Waals surface area contributed by atoms with Gasteiger partial charge in [-0.3, -0.25) is 4.79 Å². The smallest absolute Gasteiger partial charge is 0.238 e. The number of fused-ring (bicyclic) bond motifs is 3. The number of halogens is 2. The van der Waals surface area contributed by atoms with Crippen molar-refractivity contribution in [2.24, 2.45) is 0 Å². The van der Waals surface area contributed by atoms with Crippen LogP contribution in [-0.2, 0) is 16.6 Å². The Balaban J connectivity index is 1.86. The summed E-state index contributed by atoms with van der Waals surface area (Å²) < 4.78 is 2.11. The first-order chi connectivity index (χ1) is 15.4. The van der Waals surface area contributed by atoms with Crippen LogP contribution in [0.4, 0.5) is 5.69 Å². The highest BCUT2D eigenvalue weighted by Gasteiger charge is 2.61. The summed E-state index contributed by atoms with van der Waals surface area (Å²) in [5, 5.41) is 13.2. The van der Waals surface area contributed by atoms with Gasteiger partial charge in [-0.2, -0.15) is 0 Å². The van der Waals surface area contributed by atoms with Crippen LogP contribution in [0.25, 0.3) is 0 Å². The largest absolute Gasteiger partial charge is 0.325 e. The van der Waals surface area contributed by atoms with Crippen molar-refractivity contribution in [3.8, 4) is 0 Å². The standard InChI is InChI=1S/C25H24Cl2N4O/c1-4-6-14(2)23-25(19-10-9-18(27)12-21(19)28-24(25)32)20(16-7-5-8-17(26)11-16)13-22-30-29-15(3)31(22)23/h5,7-12,20,23H,2,4,6,13H2,1,3H3,(H,28,32)/t20-,23+,25-/m0/s1. The first-order valence-electron chi connectivity index (χ1n) is 10.8. The summed E-state index contributed by atoms with van der Waals surface area (Å²) in [6.45, 7) is 8.53. The summed E-state index contributed by atoms with van der Waals surface area (Å²) in [6.07, 6.45) is 2.29. The predicted octanol–water partition coefficient (Wildman–Crippen LogP) is 6.02. The number of aromatic nitrogens is 3. The summed E-state index contributed by atoms with van der Waals surface area (Å²) in [7, 11) is 0. The number of nitrogens with zero attached hydrogens (tertiary/aromatic N) is 3. The zero-order valence-electron chi connectivity index (χ0n) is 18.0. The van der Waals surface area contributed by atoms with Crippen molar-refractivity contribution in [1.82, 2.24) is 14.8 Å². The van der Waals surface area contributed by atoms with Gasteiger partial charge in [0.15, 0.2) is 0 Å². The van der Waals surface area contributed by atoms with Gasteiger partial charge in [-0.25, -0.2) is 0 Å². The Morgan fingerprint density at radius 3 is 2.75 bits per heavy atom. The molecule has 32 heavy (non-hydrogen) atoms. The Morgan fingerprint density at radius 1 is 1.22 bits per heavy atom. The molecular formula is C25H24Cl2N4O. The van der Waals surface area contributed by atoms with E-state index in [1.54, 1.807) is 0 Å². The van der Waals surface area contributed by atoms with Crippen LogP contribution in [0.5, 0.6) is 0 Å². The Morgan fingerprint density at radius 2 is 2.00 bits per heavy atom. The van der Waals surface area contributed by atoms with Crippen LogP contribution >= 0.6 is 23.2 Å². The average molecular weight is 467 g/mol. The van der Waals surface area contributed by atoms with Crippen LogP contribution in [0.2, 0.25) is 10.0 Å². The van der Waals surface area contributed by atoms with Gasteiger partial charge >= 0.3 is 0 Å². The van der Waals surface area contributed by atoms with Crippen LogP contribution in [0.1, 0.15) is 54.5 Å². The van der Waals surface area contributed by atoms with Gasteiger partial charge < -0.3 is 9.88 Å². The first kappa shape index (κ1) is 21.2. The van der Waals surface area contributed by atoms with Crippen LogP contribution in [0, 0.1) is 6.92 Å². The number of anilines is 1. The van der Waals surface area contributed by atoms with Gasteiger partial charge in [0.05, 0.1) is 6.04 Å². The van der Waals surface area contributed by atoms with E-state index in [1.165, 1.54) is 0 Å². The second-order valence-corrected chi connectivity index (χ2v) is 9.54. The van der Waals surface area contributed by atoms with E-state index >= 15 is 0 Å². The van der Waals surface area contributed by atoms with E-state index in [9.17, 15) is 4.79 Å². The molecule has 0 saturated carbocycles. The molecule has 2 aliphatic rings. The van der Waals surface area contributed by atoms with Gasteiger partial charge in [0.1, 0.15) is 17.1 Å². The molecule has 1 amide bonds. The van der Waals surface area contributed by atoms with Crippen LogP contribution in [-0.4, -0.2) is 20.7 Å². The quantitative estimate of drug-likeness (QED) is 0.478. The number of hydrogen-bond acceptors (Lipinski definition) is 3. The van der Waals surface area contributed by atoms with E-state index in [0.717, 1.165) is 46.9 Å². The van der Waals surface area contributed by atoms with Crippen LogP contribution < -0.4 is 5.32 Å². The summed E-state index contributed by atoms with van der Waals surface area (Å²) in [5.41, 5.74) is 2.74. The fourth-order valence-electron chi connectivity index (χ4n) is 5.64. The molecule has 2 aliphatic heterocycles. The molecule has 7 heteroatoms. The van der Waals surface area contributed by atoms with Gasteiger partial charge in [0.2, 0.25) is 5.91 Å². The molecule has 0 fully saturated rings. The average Bonchev–Trinajstić information content (AvgIpc) is 3.25. The lowest BCUT2D eigenvalue weighted by Crippen LogP contribution is -2.52. The summed E-state index contributed by atoms with van der Waals surface area (Å²) in [4.78, 5) is 14.1. The minimum Gasteiger partial charge on any atom is -0.325 e. The third-order valence-electron chi connectivity index (χ3n) is 6.82. The van der Waals surface area contributed by atoms with E-state index in [1.807, 2.05) is 49.4 Å². The lowest BCUT2D eigenvalue weighted by atomic mass is 9.59. The monoisotopic (exact) mass is 466 g/mol. The third-order valence-corrected chi connectivity index (χ3v) is 7.29. The summed E-state index contributed by atoms with van der Waals surface area (Å²) >= 11 is 12.7. The van der Waals surface area contributed by atoms with Crippen molar-refractivity contribution >= 4 is 34.8 Å². The zero-order chi connectivity index (χ0) is 22.6. The highest BCUT2D eigenvalue weighted by Crippen LogP contribution is 2.59. The molecule has 0 unspecified atom stereocenters. The topological polar surface area (TPSA) is 59.8 Å². The van der Waals surface area contributed by atoms with Crippen molar-refractivity contribution in [1.29, 1.82) is 0 Å². The number of carbonyl (C=O) groups excluding carboxylic acids is 1. The first-order valence-corrected chi connectivity index (χ1v) is 11.6. The van der Waals surface area contributed by atoms with Gasteiger partial charge in [-0.15, -0.1) is 10.2 Å². The maximum absolute atomic E-state index is 14.1. The van der Waals surface area contributed by atoms with E-state index in [4.69, 9.17) is 23.2 Å². The molecule has 2 aromatic carbocycles. The lowest BCUT2D eigenvalue weighted by Gasteiger charge is -2.47. The number of carbonyl (C=O) groups is 1. The van der Waals surface area contributed by atoms with Gasteiger partial charge in [0, 0.05) is 28.1 Å². The third kappa shape index (κ3) is 2.95. The molecule has 0 saturated heterocycles. The van der Waals surface area contributed by atoms with Crippen molar-refractivity contribution in [3.05, 3.63) is 87.4 Å². The van der Waals surface area contributed by atoms with Gasteiger partial charge in [-0.05, 0) is 48.7 Å². The zero-order valence-corrected chi connectivity index (χ0v) is 19.5. The molecule has 0 aliphatic carbocycles. The van der Waals surface area contributed by atoms with Gasteiger partial charge in [0.25, 0.3) is 0 Å². The Bertz CT molecular complexity index is 1250. The highest BCUT2D eigenvalue weighted by atomic mass is 35.5. The number of hydrogen-bond donors (Lipinski definition) is 1. The number of amides is 1. The molecule has 1 spiro atoms. The molecule has 0 radical (unpaired) electrons. The highest BCUT2D eigenvalue weighted by molar-refractivity contribution is 6.31. The molecule has 3 atom stereocenters. The fourth-order valence-corrected chi connectivity index (χ4v) is 6.01. The lowest BCUT2D eigenvalue weighted by molar-refractivity contribution is -0.123. The molecule has 5 nitrogen and oxygen atoms in total. The second kappa shape index (κ2) is 7.75. The fraction of sp³-hybridized carbons (Fsp3) is 0.320. The number of benzene rings is 2. The molecule has 164 valence electrons. The number of aryl methyl sites for hydroxylation is 1. The van der Waals surface area contributed by atoms with Crippen molar-refractivity contribution in [3.63, 3.8) is 0 Å². The van der Waals surface area contributed by atoms with E-state index in [2.05, 4.69) is 33.6 Å². The van der Waals surface area contributed by atoms with E-state index in [0.29, 0.717) is 16.5 Å². The van der Waals surface area contributed by atoms with Gasteiger partial charge in [-0.1, -0.05) is 66.9 Å². The van der Waals surface area contributed by atoms with Crippen LogP contribution in [0.3, 0.4) is 0 Å². The molecule has 5 rings (SSSR count). The molecule has 1 N–H and O–H groups in total. The Kier molecular flexibility index (Phi) is 5.14. The van der Waals surface area contributed by atoms with E-state index in [-0.39, 0.29) is 17.9 Å². The molecular weight excluding hydrogens is 443 g/mol. The summed E-state index contributed by atoms with van der Waals surface area (Å²) in [6, 6.07) is 13.1. The normalized spacial score (nSPS) is 23.7. The Labute approximate surface area is 197 Å². The maximum atomic E-state index is 14.1. The summed E-state index contributed by atoms with van der Waals surface area (Å²) in [5.74, 6) is 1.39. The number of nitrogens with one attached hydrogen (secondary N) is 1.